The Balaban J connectivity index is 1.74. The van der Waals surface area contributed by atoms with E-state index in [1.54, 1.807) is 0 Å². The molecule has 1 aromatic carbocycles. The Morgan fingerprint density at radius 2 is 1.93 bits per heavy atom. The van der Waals surface area contributed by atoms with Gasteiger partial charge in [-0.25, -0.2) is 14.2 Å². The van der Waals surface area contributed by atoms with Crippen molar-refractivity contribution < 1.29 is 18.7 Å². The van der Waals surface area contributed by atoms with Gasteiger partial charge in [0.05, 0.1) is 24.9 Å². The van der Waals surface area contributed by atoms with Gasteiger partial charge in [-0.15, -0.1) is 0 Å². The lowest BCUT2D eigenvalue weighted by atomic mass is 10.0. The normalized spacial score (nSPS) is 17.4. The molecule has 30 heavy (non-hydrogen) atoms. The molecule has 0 bridgehead atoms. The van der Waals surface area contributed by atoms with Crippen molar-refractivity contribution in [3.63, 3.8) is 0 Å². The Morgan fingerprint density at radius 1 is 1.23 bits per heavy atom. The summed E-state index contributed by atoms with van der Waals surface area (Å²) in [4.78, 5) is 21.8. The highest BCUT2D eigenvalue weighted by Gasteiger charge is 2.38. The molecule has 2 heterocycles. The lowest BCUT2D eigenvalue weighted by Crippen LogP contribution is -2.38. The summed E-state index contributed by atoms with van der Waals surface area (Å²) in [5, 5.41) is 3.17. The van der Waals surface area contributed by atoms with Crippen LogP contribution >= 0.6 is 0 Å². The summed E-state index contributed by atoms with van der Waals surface area (Å²) in [5.74, 6) is 0.868. The number of amides is 1. The van der Waals surface area contributed by atoms with Gasteiger partial charge in [0, 0.05) is 0 Å². The maximum atomic E-state index is 14.4. The highest BCUT2D eigenvalue weighted by Crippen LogP contribution is 2.29. The Morgan fingerprint density at radius 3 is 2.57 bits per heavy atom. The lowest BCUT2D eigenvalue weighted by molar-refractivity contribution is 0.177. The van der Waals surface area contributed by atoms with Crippen molar-refractivity contribution in [2.45, 2.75) is 46.7 Å². The van der Waals surface area contributed by atoms with Gasteiger partial charge < -0.3 is 14.8 Å². The molecule has 1 saturated heterocycles. The molecule has 1 fully saturated rings. The fourth-order valence-electron chi connectivity index (χ4n) is 3.16. The van der Waals surface area contributed by atoms with Crippen LogP contribution in [0.2, 0.25) is 0 Å². The number of hydrogen-bond donors (Lipinski definition) is 1. The van der Waals surface area contributed by atoms with Crippen LogP contribution in [0.3, 0.4) is 0 Å². The van der Waals surface area contributed by atoms with Crippen molar-refractivity contribution >= 4 is 17.9 Å². The second kappa shape index (κ2) is 9.28. The first-order valence-corrected chi connectivity index (χ1v) is 10.2. The molecule has 1 aliphatic rings. The highest BCUT2D eigenvalue weighted by molar-refractivity contribution is 5.89. The standard InChI is InChI=1S/C22H29FN4O3/c1-13(2)11-29-17-8-6-16(7-9-17)15(5)25-21-24-10-18(23)20(26-21)27-19(14(3)4)12-30-22(27)28/h6-10,13-15,19H,11-12H2,1-5H3,(H,24,25,26)/t15-,19?/m0/s1. The minimum atomic E-state index is -0.663. The van der Waals surface area contributed by atoms with Gasteiger partial charge in [0.1, 0.15) is 12.4 Å². The fraction of sp³-hybridized carbons (Fsp3) is 0.500. The number of carbonyl (C=O) groups excluding carboxylic acids is 1. The molecule has 0 saturated carbocycles. The van der Waals surface area contributed by atoms with Gasteiger partial charge >= 0.3 is 6.09 Å². The number of ether oxygens (including phenoxy) is 2. The summed E-state index contributed by atoms with van der Waals surface area (Å²) in [7, 11) is 0. The molecule has 8 heteroatoms. The molecular weight excluding hydrogens is 387 g/mol. The van der Waals surface area contributed by atoms with Crippen molar-refractivity contribution in [1.29, 1.82) is 0 Å². The van der Waals surface area contributed by atoms with Gasteiger partial charge in [0.25, 0.3) is 0 Å². The van der Waals surface area contributed by atoms with Crippen LogP contribution in [0.15, 0.2) is 30.5 Å². The molecule has 0 aliphatic carbocycles. The molecule has 1 aromatic heterocycles. The van der Waals surface area contributed by atoms with E-state index in [1.165, 1.54) is 4.90 Å². The Bertz CT molecular complexity index is 873. The van der Waals surface area contributed by atoms with Crippen LogP contribution < -0.4 is 15.0 Å². The number of nitrogens with one attached hydrogen (secondary N) is 1. The number of aromatic nitrogens is 2. The Hall–Kier alpha value is -2.90. The number of cyclic esters (lactones) is 1. The van der Waals surface area contributed by atoms with E-state index in [9.17, 15) is 9.18 Å². The average molecular weight is 416 g/mol. The number of carbonyl (C=O) groups is 1. The molecule has 3 rings (SSSR count). The number of halogens is 1. The van der Waals surface area contributed by atoms with E-state index in [1.807, 2.05) is 45.0 Å². The van der Waals surface area contributed by atoms with Crippen LogP contribution in [0.25, 0.3) is 0 Å². The van der Waals surface area contributed by atoms with Crippen molar-refractivity contribution in [3.05, 3.63) is 41.8 Å². The smallest absolute Gasteiger partial charge is 0.416 e. The van der Waals surface area contributed by atoms with E-state index in [-0.39, 0.29) is 36.4 Å². The van der Waals surface area contributed by atoms with Gasteiger partial charge in [-0.3, -0.25) is 4.90 Å². The second-order valence-corrected chi connectivity index (χ2v) is 8.26. The third kappa shape index (κ3) is 4.98. The summed E-state index contributed by atoms with van der Waals surface area (Å²) in [6.07, 6.45) is 0.478. The molecule has 1 aliphatic heterocycles. The van der Waals surface area contributed by atoms with Gasteiger partial charge in [-0.1, -0.05) is 39.8 Å². The molecule has 1 unspecified atom stereocenters. The molecule has 1 amide bonds. The summed E-state index contributed by atoms with van der Waals surface area (Å²) < 4.78 is 25.3. The maximum Gasteiger partial charge on any atom is 0.416 e. The largest absolute Gasteiger partial charge is 0.493 e. The highest BCUT2D eigenvalue weighted by atomic mass is 19.1. The molecule has 2 atom stereocenters. The van der Waals surface area contributed by atoms with E-state index in [2.05, 4.69) is 29.1 Å². The summed E-state index contributed by atoms with van der Waals surface area (Å²) in [6.45, 7) is 10.9. The van der Waals surface area contributed by atoms with Crippen LogP contribution in [0.5, 0.6) is 5.75 Å². The lowest BCUT2D eigenvalue weighted by Gasteiger charge is -2.24. The van der Waals surface area contributed by atoms with Crippen LogP contribution in [0.4, 0.5) is 21.0 Å². The van der Waals surface area contributed by atoms with Crippen LogP contribution in [-0.2, 0) is 4.74 Å². The van der Waals surface area contributed by atoms with Crippen LogP contribution in [0.1, 0.15) is 46.2 Å². The molecule has 0 radical (unpaired) electrons. The fourth-order valence-corrected chi connectivity index (χ4v) is 3.16. The number of anilines is 2. The summed E-state index contributed by atoms with van der Waals surface area (Å²) in [5.41, 5.74) is 1.00. The number of benzene rings is 1. The summed E-state index contributed by atoms with van der Waals surface area (Å²) in [6, 6.07) is 7.36. The van der Waals surface area contributed by atoms with E-state index in [0.29, 0.717) is 12.5 Å². The number of hydrogen-bond acceptors (Lipinski definition) is 6. The average Bonchev–Trinajstić information content (AvgIpc) is 3.09. The number of rotatable bonds is 8. The van der Waals surface area contributed by atoms with E-state index < -0.39 is 11.9 Å². The molecule has 7 nitrogen and oxygen atoms in total. The molecule has 0 spiro atoms. The third-order valence-corrected chi connectivity index (χ3v) is 4.94. The first kappa shape index (κ1) is 21.8. The van der Waals surface area contributed by atoms with Crippen molar-refractivity contribution in [2.75, 3.05) is 23.4 Å². The van der Waals surface area contributed by atoms with Gasteiger partial charge in [0.2, 0.25) is 5.95 Å². The maximum absolute atomic E-state index is 14.4. The van der Waals surface area contributed by atoms with Gasteiger partial charge in [0.15, 0.2) is 11.6 Å². The van der Waals surface area contributed by atoms with E-state index in [4.69, 9.17) is 9.47 Å². The third-order valence-electron chi connectivity index (χ3n) is 4.94. The zero-order valence-corrected chi connectivity index (χ0v) is 18.1. The quantitative estimate of drug-likeness (QED) is 0.666. The van der Waals surface area contributed by atoms with Crippen molar-refractivity contribution in [2.24, 2.45) is 11.8 Å². The predicted octanol–water partition coefficient (Wildman–Crippen LogP) is 4.80. The number of nitrogens with zero attached hydrogens (tertiary/aromatic N) is 3. The minimum Gasteiger partial charge on any atom is -0.493 e. The monoisotopic (exact) mass is 416 g/mol. The first-order chi connectivity index (χ1) is 14.3. The molecule has 1 N–H and O–H groups in total. The van der Waals surface area contributed by atoms with Crippen LogP contribution in [-0.4, -0.2) is 35.3 Å². The van der Waals surface area contributed by atoms with Gasteiger partial charge in [-0.05, 0) is 36.5 Å². The predicted molar refractivity (Wildman–Crippen MR) is 113 cm³/mol. The Kier molecular flexibility index (Phi) is 6.74. The Labute approximate surface area is 176 Å². The zero-order chi connectivity index (χ0) is 21.8. The van der Waals surface area contributed by atoms with Crippen molar-refractivity contribution in [1.82, 2.24) is 9.97 Å². The molecule has 162 valence electrons. The van der Waals surface area contributed by atoms with Crippen LogP contribution in [0, 0.1) is 17.7 Å². The van der Waals surface area contributed by atoms with E-state index in [0.717, 1.165) is 17.5 Å². The van der Waals surface area contributed by atoms with Crippen molar-refractivity contribution in [3.8, 4) is 5.75 Å². The molecular formula is C22H29FN4O3. The molecule has 2 aromatic rings. The SMILES string of the molecule is CC(C)COc1ccc([C@H](C)Nc2ncc(F)c(N3C(=O)OCC3C(C)C)n2)cc1. The second-order valence-electron chi connectivity index (χ2n) is 8.26. The van der Waals surface area contributed by atoms with Gasteiger partial charge in [-0.2, -0.15) is 4.98 Å². The first-order valence-electron chi connectivity index (χ1n) is 10.2. The minimum absolute atomic E-state index is 0.0710. The van der Waals surface area contributed by atoms with E-state index >= 15 is 0 Å². The topological polar surface area (TPSA) is 76.6 Å². The summed E-state index contributed by atoms with van der Waals surface area (Å²) >= 11 is 0. The zero-order valence-electron chi connectivity index (χ0n) is 18.1.